The van der Waals surface area contributed by atoms with Crippen LogP contribution in [0.3, 0.4) is 0 Å². The first-order valence-electron chi connectivity index (χ1n) is 24.3. The number of nitrogens with zero attached hydrogens (tertiary/aromatic N) is 3. The van der Waals surface area contributed by atoms with E-state index in [-0.39, 0.29) is 0 Å². The SMILES string of the molecule is CC(=O)OCC1OC(OC(=N)C(Cl)(Cl)Cl)C(N=[N+]=[N-])[C@@H](O[C@H]2OC(C)C(OC(C)=O)[C@@H](OC(C)=O)C2OC(C)=O)C1O[C@@H]1OC(COC(C)=O)C(OC(C)=O)[C@H](OC(C)=O)C1OC1OC(C)[C@H](OC(C)=O)C(OC(C)=O)[C@@H]1OC(C)=O. The van der Waals surface area contributed by atoms with Gasteiger partial charge in [-0.15, -0.1) is 0 Å². The second kappa shape index (κ2) is 29.9. The van der Waals surface area contributed by atoms with Gasteiger partial charge in [-0.1, -0.05) is 39.9 Å². The third-order valence-electron chi connectivity index (χ3n) is 11.5. The molecule has 20 atom stereocenters. The lowest BCUT2D eigenvalue weighted by Crippen LogP contribution is -2.69. The highest BCUT2D eigenvalue weighted by atomic mass is 35.6. The first-order chi connectivity index (χ1) is 37.7. The molecule has 4 saturated heterocycles. The molecule has 35 heteroatoms. The van der Waals surface area contributed by atoms with Crippen LogP contribution in [0.15, 0.2) is 5.11 Å². The van der Waals surface area contributed by atoms with Crippen LogP contribution in [0.25, 0.3) is 10.4 Å². The van der Waals surface area contributed by atoms with Gasteiger partial charge in [0.1, 0.15) is 43.7 Å². The number of nitrogens with one attached hydrogen (secondary N) is 1. The average Bonchev–Trinajstić information content (AvgIpc) is 3.37. The van der Waals surface area contributed by atoms with Crippen LogP contribution in [0.1, 0.15) is 83.1 Å². The second-order valence-corrected chi connectivity index (χ2v) is 20.4. The van der Waals surface area contributed by atoms with Crippen molar-refractivity contribution in [3.63, 3.8) is 0 Å². The highest BCUT2D eigenvalue weighted by Crippen LogP contribution is 2.41. The summed E-state index contributed by atoms with van der Waals surface area (Å²) in [4.78, 5) is 130. The maximum absolute atomic E-state index is 13.2. The van der Waals surface area contributed by atoms with E-state index in [2.05, 4.69) is 10.0 Å². The Bertz CT molecular complexity index is 2390. The van der Waals surface area contributed by atoms with Crippen LogP contribution in [0.4, 0.5) is 0 Å². The smallest absolute Gasteiger partial charge is 0.303 e. The van der Waals surface area contributed by atoms with Crippen LogP contribution < -0.4 is 0 Å². The molecule has 1 N–H and O–H groups in total. The van der Waals surface area contributed by atoms with Crippen molar-refractivity contribution in [2.24, 2.45) is 5.11 Å². The average molecular weight is 1220 g/mol. The molecule has 0 aromatic rings. The number of carbonyl (C=O) groups is 10. The van der Waals surface area contributed by atoms with E-state index in [1.165, 1.54) is 13.8 Å². The van der Waals surface area contributed by atoms with Gasteiger partial charge in [0.2, 0.25) is 12.2 Å². The fourth-order valence-electron chi connectivity index (χ4n) is 8.76. The van der Waals surface area contributed by atoms with Gasteiger partial charge in [-0.2, -0.15) is 0 Å². The number of halogens is 3. The summed E-state index contributed by atoms with van der Waals surface area (Å²) >= 11 is 18.0. The Kier molecular flexibility index (Phi) is 24.9. The molecule has 4 fully saturated rings. The Morgan fingerprint density at radius 1 is 0.420 bits per heavy atom. The van der Waals surface area contributed by atoms with Gasteiger partial charge < -0.3 is 85.3 Å². The first-order valence-corrected chi connectivity index (χ1v) is 25.4. The Morgan fingerprint density at radius 3 is 1.10 bits per heavy atom. The molecule has 13 unspecified atom stereocenters. The Hall–Kier alpha value is -5.93. The van der Waals surface area contributed by atoms with Gasteiger partial charge in [0.15, 0.2) is 73.8 Å². The van der Waals surface area contributed by atoms with Crippen LogP contribution >= 0.6 is 34.8 Å². The molecule has 32 nitrogen and oxygen atoms in total. The van der Waals surface area contributed by atoms with E-state index in [0.717, 1.165) is 69.2 Å². The van der Waals surface area contributed by atoms with Crippen molar-refractivity contribution >= 4 is 100 Å². The molecule has 4 rings (SSSR count). The van der Waals surface area contributed by atoms with Crippen LogP contribution in [-0.2, 0) is 133 Å². The Balaban J connectivity index is 2.11. The number of rotatable bonds is 20. The molecule has 0 radical (unpaired) electrons. The molecule has 4 heterocycles. The standard InChI is InChI=1S/C46H61Cl3N4O28/c1-15-30(68-19(5)56)35(71-22(8)59)38(74-25(11)62)42(66-15)79-34-29(52-53-51)41(81-45(50)46(47,48)49)76-27(13-64-17(3)54)32(34)78-44-40(37(73-24(10)61)33(70-21(7)58)28(77-44)14-65-18(4)55)80-43-39(75-26(12)63)36(72-23(9)60)31(16(2)67-43)69-20(6)57/h15-16,27-44,50H,13-14H2,1-12H3/t15?,16?,27?,28?,29?,30?,31-,32?,33?,34+,35+,36?,37-,38?,39-,40?,41?,42+,43?,44-/m0/s1. The molecule has 0 bridgehead atoms. The lowest BCUT2D eigenvalue weighted by molar-refractivity contribution is -0.390. The predicted octanol–water partition coefficient (Wildman–Crippen LogP) is 1.70. The number of ether oxygens (including phenoxy) is 18. The van der Waals surface area contributed by atoms with Crippen LogP contribution in [0.2, 0.25) is 0 Å². The monoisotopic (exact) mass is 1220 g/mol. The Labute approximate surface area is 476 Å². The van der Waals surface area contributed by atoms with E-state index < -0.39 is 205 Å². The van der Waals surface area contributed by atoms with E-state index >= 15 is 0 Å². The molecule has 81 heavy (non-hydrogen) atoms. The van der Waals surface area contributed by atoms with Gasteiger partial charge in [0.05, 0.1) is 12.2 Å². The van der Waals surface area contributed by atoms with Crippen LogP contribution in [0, 0.1) is 5.41 Å². The highest BCUT2D eigenvalue weighted by molar-refractivity contribution is 6.76. The number of hydrogen-bond acceptors (Lipinski definition) is 30. The lowest BCUT2D eigenvalue weighted by atomic mass is 9.94. The summed E-state index contributed by atoms with van der Waals surface area (Å²) in [7, 11) is 0. The molecular formula is C46H61Cl3N4O28. The minimum Gasteiger partial charge on any atom is -0.463 e. The minimum absolute atomic E-state index is 0.823. The van der Waals surface area contributed by atoms with Crippen molar-refractivity contribution < 1.29 is 133 Å². The topological polar surface area (TPSA) is 409 Å². The van der Waals surface area contributed by atoms with Crippen molar-refractivity contribution in [1.82, 2.24) is 0 Å². The van der Waals surface area contributed by atoms with Gasteiger partial charge >= 0.3 is 59.7 Å². The number of esters is 10. The fraction of sp³-hybridized carbons (Fsp3) is 0.761. The van der Waals surface area contributed by atoms with Gasteiger partial charge in [-0.25, -0.2) is 0 Å². The molecule has 454 valence electrons. The molecule has 0 aromatic carbocycles. The van der Waals surface area contributed by atoms with Crippen LogP contribution in [-0.4, -0.2) is 205 Å². The lowest BCUT2D eigenvalue weighted by Gasteiger charge is -2.51. The number of carbonyl (C=O) groups excluding carboxylic acids is 10. The van der Waals surface area contributed by atoms with Crippen molar-refractivity contribution in [2.75, 3.05) is 13.2 Å². The van der Waals surface area contributed by atoms with Crippen molar-refractivity contribution in [2.45, 2.75) is 210 Å². The molecule has 0 aliphatic carbocycles. The Morgan fingerprint density at radius 2 is 0.728 bits per heavy atom. The highest BCUT2D eigenvalue weighted by Gasteiger charge is 2.61. The summed E-state index contributed by atoms with van der Waals surface area (Å²) in [6.45, 7) is 10.7. The predicted molar refractivity (Wildman–Crippen MR) is 260 cm³/mol. The first kappa shape index (κ1) is 67.6. The number of hydrogen-bond donors (Lipinski definition) is 1. The van der Waals surface area contributed by atoms with E-state index in [1.54, 1.807) is 0 Å². The molecule has 0 aromatic heterocycles. The fourth-order valence-corrected chi connectivity index (χ4v) is 8.89. The maximum Gasteiger partial charge on any atom is 0.303 e. The summed E-state index contributed by atoms with van der Waals surface area (Å²) in [5.41, 5.74) is 10.2. The third kappa shape index (κ3) is 19.3. The minimum atomic E-state index is -2.65. The van der Waals surface area contributed by atoms with E-state index in [1.807, 2.05) is 0 Å². The zero-order valence-corrected chi connectivity index (χ0v) is 47.6. The molecule has 0 amide bonds. The van der Waals surface area contributed by atoms with E-state index in [0.29, 0.717) is 0 Å². The molecular weight excluding hydrogens is 1160 g/mol. The third-order valence-corrected chi connectivity index (χ3v) is 12.0. The zero-order chi connectivity index (χ0) is 61.0. The van der Waals surface area contributed by atoms with Crippen molar-refractivity contribution in [3.8, 4) is 0 Å². The molecule has 4 aliphatic heterocycles. The van der Waals surface area contributed by atoms with Crippen LogP contribution in [0.5, 0.6) is 0 Å². The summed E-state index contributed by atoms with van der Waals surface area (Å²) in [5, 5.41) is 12.3. The van der Waals surface area contributed by atoms with Gasteiger partial charge in [-0.05, 0) is 19.4 Å². The number of alkyl halides is 3. The second-order valence-electron chi connectivity index (χ2n) is 18.1. The zero-order valence-electron chi connectivity index (χ0n) is 45.4. The number of azide groups is 1. The molecule has 4 aliphatic rings. The van der Waals surface area contributed by atoms with Crippen molar-refractivity contribution in [1.29, 1.82) is 5.41 Å². The largest absolute Gasteiger partial charge is 0.463 e. The summed E-state index contributed by atoms with van der Waals surface area (Å²) in [6, 6.07) is -2.06. The summed E-state index contributed by atoms with van der Waals surface area (Å²) in [5.74, 6) is -11.1. The van der Waals surface area contributed by atoms with Gasteiger partial charge in [-0.3, -0.25) is 53.4 Å². The molecule has 0 saturated carbocycles. The maximum atomic E-state index is 13.2. The van der Waals surface area contributed by atoms with Crippen molar-refractivity contribution in [3.05, 3.63) is 10.4 Å². The van der Waals surface area contributed by atoms with E-state index in [9.17, 15) is 53.5 Å². The quantitative estimate of drug-likeness (QED) is 0.0265. The van der Waals surface area contributed by atoms with E-state index in [4.69, 9.17) is 125 Å². The van der Waals surface area contributed by atoms with Gasteiger partial charge in [0, 0.05) is 74.1 Å². The summed E-state index contributed by atoms with van der Waals surface area (Å²) < 4.78 is 103. The summed E-state index contributed by atoms with van der Waals surface area (Å²) in [6.07, 6.45) is -35.3. The normalized spacial score (nSPS) is 33.7. The van der Waals surface area contributed by atoms with Gasteiger partial charge in [0.25, 0.3) is 3.79 Å². The molecule has 0 spiro atoms.